The predicted molar refractivity (Wildman–Crippen MR) is 99.9 cm³/mol. The summed E-state index contributed by atoms with van der Waals surface area (Å²) in [7, 11) is 0. The fourth-order valence-corrected chi connectivity index (χ4v) is 3.16. The molecule has 3 heterocycles. The lowest BCUT2D eigenvalue weighted by Crippen LogP contribution is -2.43. The lowest BCUT2D eigenvalue weighted by molar-refractivity contribution is -0.122. The summed E-state index contributed by atoms with van der Waals surface area (Å²) in [6.07, 6.45) is 4.40. The van der Waals surface area contributed by atoms with Gasteiger partial charge in [-0.1, -0.05) is 24.1 Å². The average molecular weight is 399 g/mol. The lowest BCUT2D eigenvalue weighted by atomic mass is 9.99. The van der Waals surface area contributed by atoms with Gasteiger partial charge in [0.15, 0.2) is 29.4 Å². The number of aromatic nitrogens is 4. The van der Waals surface area contributed by atoms with Crippen LogP contribution in [0.15, 0.2) is 36.7 Å². The molecule has 150 valence electrons. The van der Waals surface area contributed by atoms with E-state index in [-0.39, 0.29) is 36.8 Å². The first-order valence-electron chi connectivity index (χ1n) is 8.77. The number of nitrogens with two attached hydrogens (primary N) is 1. The number of benzene rings is 1. The summed E-state index contributed by atoms with van der Waals surface area (Å²) in [4.78, 5) is 11.3. The molecule has 1 fully saturated rings. The molecule has 0 unspecified atom stereocenters. The predicted octanol–water partition coefficient (Wildman–Crippen LogP) is 1.25. The van der Waals surface area contributed by atoms with Crippen LogP contribution in [0.2, 0.25) is 0 Å². The Labute approximate surface area is 165 Å². The minimum absolute atomic E-state index is 0.0723. The smallest absolute Gasteiger partial charge is 0.312 e. The van der Waals surface area contributed by atoms with Crippen molar-refractivity contribution >= 4 is 17.0 Å². The number of para-hydroxylation sites is 1. The van der Waals surface area contributed by atoms with E-state index < -0.39 is 24.0 Å². The van der Waals surface area contributed by atoms with E-state index in [1.165, 1.54) is 10.9 Å². The van der Waals surface area contributed by atoms with Gasteiger partial charge < -0.3 is 25.1 Å². The molecule has 3 atom stereocenters. The third-order valence-corrected chi connectivity index (χ3v) is 4.65. The number of aliphatic hydroxyl groups excluding tert-OH is 1. The Kier molecular flexibility index (Phi) is 5.02. The Balaban J connectivity index is 1.47. The van der Waals surface area contributed by atoms with Gasteiger partial charge in [-0.15, -0.1) is 6.42 Å². The van der Waals surface area contributed by atoms with Gasteiger partial charge in [0.05, 0.1) is 12.9 Å². The van der Waals surface area contributed by atoms with E-state index in [0.29, 0.717) is 5.75 Å². The zero-order valence-electron chi connectivity index (χ0n) is 15.2. The number of fused-ring (bicyclic) bond motifs is 1. The van der Waals surface area contributed by atoms with Crippen LogP contribution in [0.4, 0.5) is 10.2 Å². The second kappa shape index (κ2) is 7.63. The summed E-state index contributed by atoms with van der Waals surface area (Å²) in [6, 6.07) is 9.11. The number of terminal acetylenes is 1. The summed E-state index contributed by atoms with van der Waals surface area (Å²) >= 11 is 0. The van der Waals surface area contributed by atoms with Crippen molar-refractivity contribution in [3.63, 3.8) is 0 Å². The van der Waals surface area contributed by atoms with Crippen LogP contribution in [0.25, 0.3) is 11.2 Å². The Morgan fingerprint density at radius 2 is 2.17 bits per heavy atom. The van der Waals surface area contributed by atoms with E-state index in [1.54, 1.807) is 12.1 Å². The Morgan fingerprint density at radius 3 is 2.93 bits per heavy atom. The molecule has 0 spiro atoms. The molecule has 1 aliphatic heterocycles. The first-order valence-corrected chi connectivity index (χ1v) is 8.77. The van der Waals surface area contributed by atoms with E-state index in [1.807, 2.05) is 18.2 Å². The van der Waals surface area contributed by atoms with E-state index in [9.17, 15) is 9.50 Å². The third kappa shape index (κ3) is 3.58. The molecule has 3 aromatic rings. The van der Waals surface area contributed by atoms with Gasteiger partial charge in [0.1, 0.15) is 18.1 Å². The minimum atomic E-state index is -1.40. The number of hydrogen-bond acceptors (Lipinski definition) is 8. The molecule has 4 rings (SSSR count). The normalized spacial score (nSPS) is 23.9. The van der Waals surface area contributed by atoms with Crippen molar-refractivity contribution in [1.82, 2.24) is 19.5 Å². The van der Waals surface area contributed by atoms with Crippen molar-refractivity contribution < 1.29 is 23.7 Å². The molecule has 29 heavy (non-hydrogen) atoms. The van der Waals surface area contributed by atoms with Gasteiger partial charge in [0.2, 0.25) is 0 Å². The van der Waals surface area contributed by atoms with E-state index in [4.69, 9.17) is 26.4 Å². The fourth-order valence-electron chi connectivity index (χ4n) is 3.16. The van der Waals surface area contributed by atoms with E-state index in [2.05, 4.69) is 20.9 Å². The maximum atomic E-state index is 13.6. The summed E-state index contributed by atoms with van der Waals surface area (Å²) < 4.78 is 31.9. The SMILES string of the molecule is C#C[C@]1(COCOc2ccccc2)O[C@@H](n2cnc3c(N)nc(F)nc32)C[C@@H]1O. The van der Waals surface area contributed by atoms with Gasteiger partial charge in [-0.25, -0.2) is 4.98 Å². The molecular weight excluding hydrogens is 381 g/mol. The molecule has 1 aromatic carbocycles. The Hall–Kier alpha value is -3.26. The highest BCUT2D eigenvalue weighted by atomic mass is 19.1. The minimum Gasteiger partial charge on any atom is -0.468 e. The van der Waals surface area contributed by atoms with Gasteiger partial charge in [-0.3, -0.25) is 4.57 Å². The number of hydrogen-bond donors (Lipinski definition) is 2. The molecule has 3 N–H and O–H groups in total. The largest absolute Gasteiger partial charge is 0.468 e. The highest BCUT2D eigenvalue weighted by Gasteiger charge is 2.48. The van der Waals surface area contributed by atoms with Gasteiger partial charge >= 0.3 is 6.08 Å². The van der Waals surface area contributed by atoms with E-state index in [0.717, 1.165) is 0 Å². The molecule has 1 aliphatic rings. The quantitative estimate of drug-likeness (QED) is 0.275. The number of nitrogen functional groups attached to an aromatic ring is 1. The standard InChI is InChI=1S/C19H18FN5O4/c1-2-19(9-27-11-28-12-6-4-3-5-7-12)13(26)8-14(29-19)25-10-22-15-16(21)23-18(20)24-17(15)25/h1,3-7,10,13-14,26H,8-9,11H2,(H2,21,23,24)/t13-,14+,19+/m0/s1. The summed E-state index contributed by atoms with van der Waals surface area (Å²) in [5.41, 5.74) is 4.66. The van der Waals surface area contributed by atoms with Crippen LogP contribution in [-0.4, -0.2) is 49.7 Å². The number of halogens is 1. The topological polar surface area (TPSA) is 118 Å². The van der Waals surface area contributed by atoms with E-state index >= 15 is 0 Å². The number of anilines is 1. The highest BCUT2D eigenvalue weighted by Crippen LogP contribution is 2.38. The number of aliphatic hydroxyl groups is 1. The molecule has 0 amide bonds. The molecule has 0 radical (unpaired) electrons. The first kappa shape index (κ1) is 19.1. The third-order valence-electron chi connectivity index (χ3n) is 4.65. The molecule has 2 aromatic heterocycles. The second-order valence-electron chi connectivity index (χ2n) is 6.48. The number of imidazole rings is 1. The van der Waals surface area contributed by atoms with Crippen LogP contribution in [-0.2, 0) is 9.47 Å². The fraction of sp³-hybridized carbons (Fsp3) is 0.316. The number of nitrogens with zero attached hydrogens (tertiary/aromatic N) is 4. The lowest BCUT2D eigenvalue weighted by Gasteiger charge is -2.26. The molecule has 0 bridgehead atoms. The number of ether oxygens (including phenoxy) is 3. The van der Waals surface area contributed by atoms with Gasteiger partial charge in [-0.05, 0) is 12.1 Å². The zero-order chi connectivity index (χ0) is 20.4. The van der Waals surface area contributed by atoms with Crippen molar-refractivity contribution in [2.45, 2.75) is 24.4 Å². The molecule has 1 saturated heterocycles. The zero-order valence-corrected chi connectivity index (χ0v) is 15.2. The van der Waals surface area contributed by atoms with Gasteiger partial charge in [-0.2, -0.15) is 14.4 Å². The van der Waals surface area contributed by atoms with Crippen LogP contribution in [0, 0.1) is 18.4 Å². The maximum Gasteiger partial charge on any atom is 0.312 e. The monoisotopic (exact) mass is 399 g/mol. The average Bonchev–Trinajstić information content (AvgIpc) is 3.28. The molecule has 0 aliphatic carbocycles. The van der Waals surface area contributed by atoms with Crippen molar-refractivity contribution in [3.8, 4) is 18.1 Å². The maximum absolute atomic E-state index is 13.6. The molecule has 9 nitrogen and oxygen atoms in total. The van der Waals surface area contributed by atoms with Gasteiger partial charge in [0.25, 0.3) is 0 Å². The van der Waals surface area contributed by atoms with Crippen LogP contribution in [0.5, 0.6) is 5.75 Å². The Bertz CT molecular complexity index is 1050. The van der Waals surface area contributed by atoms with Crippen molar-refractivity contribution in [2.75, 3.05) is 19.1 Å². The van der Waals surface area contributed by atoms with Crippen LogP contribution in [0.3, 0.4) is 0 Å². The van der Waals surface area contributed by atoms with Crippen molar-refractivity contribution in [1.29, 1.82) is 0 Å². The van der Waals surface area contributed by atoms with Gasteiger partial charge in [0, 0.05) is 6.42 Å². The molecule has 10 heteroatoms. The first-order chi connectivity index (χ1) is 14.0. The van der Waals surface area contributed by atoms with Crippen LogP contribution >= 0.6 is 0 Å². The second-order valence-corrected chi connectivity index (χ2v) is 6.48. The molecular formula is C19H18FN5O4. The highest BCUT2D eigenvalue weighted by molar-refractivity contribution is 5.81. The summed E-state index contributed by atoms with van der Waals surface area (Å²) in [5.74, 6) is 3.02. The summed E-state index contributed by atoms with van der Waals surface area (Å²) in [5, 5.41) is 10.6. The molecule has 0 saturated carbocycles. The van der Waals surface area contributed by atoms with Crippen LogP contribution in [0.1, 0.15) is 12.6 Å². The Morgan fingerprint density at radius 1 is 1.38 bits per heavy atom. The summed E-state index contributed by atoms with van der Waals surface area (Å²) in [6.45, 7) is -0.177. The van der Waals surface area contributed by atoms with Crippen molar-refractivity contribution in [2.24, 2.45) is 0 Å². The van der Waals surface area contributed by atoms with Crippen molar-refractivity contribution in [3.05, 3.63) is 42.7 Å². The number of rotatable bonds is 6. The van der Waals surface area contributed by atoms with Crippen LogP contribution < -0.4 is 10.5 Å².